The molecule has 156 valence electrons. The first-order valence-electron chi connectivity index (χ1n) is 9.43. The van der Waals surface area contributed by atoms with Crippen LogP contribution in [0.15, 0.2) is 0 Å². The second-order valence-electron chi connectivity index (χ2n) is 6.82. The van der Waals surface area contributed by atoms with Crippen molar-refractivity contribution >= 4 is 0 Å². The molecule has 0 radical (unpaired) electrons. The van der Waals surface area contributed by atoms with Crippen molar-refractivity contribution < 1.29 is 30.6 Å². The fourth-order valence-electron chi connectivity index (χ4n) is 2.34. The van der Waals surface area contributed by atoms with Crippen LogP contribution in [0, 0.1) is 5.92 Å². The quantitative estimate of drug-likeness (QED) is 0.442. The zero-order chi connectivity index (χ0) is 20.1. The van der Waals surface area contributed by atoms with Gasteiger partial charge in [-0.2, -0.15) is 0 Å². The van der Waals surface area contributed by atoms with Crippen LogP contribution in [0.25, 0.3) is 0 Å². The Kier molecular flexibility index (Phi) is 25.7. The summed E-state index contributed by atoms with van der Waals surface area (Å²) in [4.78, 5) is 0. The van der Waals surface area contributed by atoms with Crippen molar-refractivity contribution in [1.29, 1.82) is 0 Å². The second kappa shape index (κ2) is 21.8. The molecule has 2 rings (SSSR count). The van der Waals surface area contributed by atoms with Crippen molar-refractivity contribution in [3.8, 4) is 0 Å². The Morgan fingerprint density at radius 2 is 1.08 bits per heavy atom. The van der Waals surface area contributed by atoms with Gasteiger partial charge in [-0.1, -0.05) is 45.4 Å². The van der Waals surface area contributed by atoms with Crippen molar-refractivity contribution in [2.45, 2.75) is 89.8 Å². The van der Waals surface area contributed by atoms with E-state index in [0.717, 1.165) is 39.9 Å². The van der Waals surface area contributed by atoms with Crippen LogP contribution in [-0.4, -0.2) is 69.8 Å². The molecule has 25 heavy (non-hydrogen) atoms. The Labute approximate surface area is 154 Å². The smallest absolute Gasteiger partial charge is 0.0621 e. The highest BCUT2D eigenvalue weighted by atomic mass is 16.3. The minimum Gasteiger partial charge on any atom is -0.400 e. The Hall–Kier alpha value is -0.240. The molecule has 2 aliphatic carbocycles. The lowest BCUT2D eigenvalue weighted by atomic mass is 9.85. The van der Waals surface area contributed by atoms with Crippen LogP contribution in [0.1, 0.15) is 78.1 Å². The van der Waals surface area contributed by atoms with Crippen molar-refractivity contribution in [2.75, 3.05) is 27.4 Å². The van der Waals surface area contributed by atoms with E-state index in [-0.39, 0.29) is 25.2 Å². The van der Waals surface area contributed by atoms with E-state index in [0.29, 0.717) is 0 Å². The van der Waals surface area contributed by atoms with Gasteiger partial charge in [-0.05, 0) is 32.6 Å². The number of hydrogen-bond donors (Lipinski definition) is 6. The van der Waals surface area contributed by atoms with Crippen LogP contribution >= 0.6 is 0 Å². The maximum absolute atomic E-state index is 9.38. The highest BCUT2D eigenvalue weighted by molar-refractivity contribution is 4.80. The summed E-state index contributed by atoms with van der Waals surface area (Å²) in [5, 5.41) is 48.8. The van der Waals surface area contributed by atoms with E-state index in [1.54, 1.807) is 6.92 Å². The fourth-order valence-corrected chi connectivity index (χ4v) is 2.34. The molecule has 0 aliphatic heterocycles. The molecule has 2 aliphatic rings. The van der Waals surface area contributed by atoms with Crippen LogP contribution in [0.4, 0.5) is 0 Å². The highest BCUT2D eigenvalue weighted by Crippen LogP contribution is 2.27. The van der Waals surface area contributed by atoms with Gasteiger partial charge in [0, 0.05) is 33.4 Å². The summed E-state index contributed by atoms with van der Waals surface area (Å²) in [6, 6.07) is 0. The van der Waals surface area contributed by atoms with Gasteiger partial charge < -0.3 is 30.6 Å². The largest absolute Gasteiger partial charge is 0.400 e. The van der Waals surface area contributed by atoms with Crippen molar-refractivity contribution in [3.63, 3.8) is 0 Å². The molecule has 0 saturated heterocycles. The third-order valence-electron chi connectivity index (χ3n) is 4.16. The highest BCUT2D eigenvalue weighted by Gasteiger charge is 2.27. The van der Waals surface area contributed by atoms with E-state index in [1.807, 2.05) is 6.92 Å². The maximum atomic E-state index is 9.38. The molecule has 0 bridgehead atoms. The molecule has 0 amide bonds. The molecule has 6 nitrogen and oxygen atoms in total. The summed E-state index contributed by atoms with van der Waals surface area (Å²) in [6.45, 7) is 3.77. The summed E-state index contributed by atoms with van der Waals surface area (Å²) in [7, 11) is 2.00. The van der Waals surface area contributed by atoms with Gasteiger partial charge in [-0.3, -0.25) is 0 Å². The van der Waals surface area contributed by atoms with Crippen molar-refractivity contribution in [2.24, 2.45) is 5.92 Å². The maximum Gasteiger partial charge on any atom is 0.0621 e. The monoisotopic (exact) mass is 368 g/mol. The Morgan fingerprint density at radius 1 is 0.800 bits per heavy atom. The van der Waals surface area contributed by atoms with Gasteiger partial charge in [0.15, 0.2) is 0 Å². The molecule has 6 N–H and O–H groups in total. The van der Waals surface area contributed by atoms with Crippen LogP contribution < -0.4 is 0 Å². The molecule has 0 unspecified atom stereocenters. The van der Waals surface area contributed by atoms with Crippen LogP contribution in [0.3, 0.4) is 0 Å². The first-order valence-corrected chi connectivity index (χ1v) is 9.43. The molecule has 6 heteroatoms. The lowest BCUT2D eigenvalue weighted by Crippen LogP contribution is -2.32. The first kappa shape index (κ1) is 29.5. The number of aliphatic hydroxyl groups excluding tert-OH is 5. The molecule has 0 aromatic heterocycles. The lowest BCUT2D eigenvalue weighted by Gasteiger charge is -2.30. The topological polar surface area (TPSA) is 121 Å². The predicted octanol–water partition coefficient (Wildman–Crippen LogP) is 1.84. The van der Waals surface area contributed by atoms with Crippen molar-refractivity contribution in [1.82, 2.24) is 0 Å². The third-order valence-corrected chi connectivity index (χ3v) is 4.16. The molecule has 0 spiro atoms. The van der Waals surface area contributed by atoms with E-state index < -0.39 is 5.60 Å². The number of hydrogen-bond acceptors (Lipinski definition) is 6. The van der Waals surface area contributed by atoms with Gasteiger partial charge in [0.25, 0.3) is 0 Å². The Bertz CT molecular complexity index is 206. The molecular formula is C19H44O6. The van der Waals surface area contributed by atoms with E-state index in [2.05, 4.69) is 0 Å². The van der Waals surface area contributed by atoms with Crippen molar-refractivity contribution in [3.05, 3.63) is 0 Å². The minimum absolute atomic E-state index is 0.0463. The van der Waals surface area contributed by atoms with Gasteiger partial charge >= 0.3 is 0 Å². The van der Waals surface area contributed by atoms with Gasteiger partial charge in [-0.25, -0.2) is 0 Å². The zero-order valence-corrected chi connectivity index (χ0v) is 16.8. The molecular weight excluding hydrogens is 324 g/mol. The molecule has 2 fully saturated rings. The van der Waals surface area contributed by atoms with E-state index in [1.165, 1.54) is 38.5 Å². The van der Waals surface area contributed by atoms with Crippen LogP contribution in [-0.2, 0) is 0 Å². The second-order valence-corrected chi connectivity index (χ2v) is 6.82. The molecule has 0 aromatic carbocycles. The standard InChI is InChI=1S/C7H14O2.C6H12.C4H10O2.2CH4O/c1-7(9)4-2-6(8)3-5-7;1-2-4-6-5-3-1;1-4(2-5)3-6;2*1-2/h6,8-9H,2-5H2,1H3;1-6H2;4-6H,2-3H2,1H3;2*2H,1H3. The average Bonchev–Trinajstić information content (AvgIpc) is 2.69. The Morgan fingerprint density at radius 3 is 1.24 bits per heavy atom. The Balaban J connectivity index is -0.000000270. The molecule has 0 heterocycles. The first-order chi connectivity index (χ1) is 11.9. The fraction of sp³-hybridized carbons (Fsp3) is 1.00. The van der Waals surface area contributed by atoms with Crippen LogP contribution in [0.2, 0.25) is 0 Å². The van der Waals surface area contributed by atoms with E-state index in [9.17, 15) is 5.11 Å². The lowest BCUT2D eigenvalue weighted by molar-refractivity contribution is -0.0175. The van der Waals surface area contributed by atoms with Gasteiger partial charge in [0.1, 0.15) is 0 Å². The SMILES string of the molecule is C1CCCCC1.CC(CO)CO.CC1(O)CCC(O)CC1.CO.CO. The van der Waals surface area contributed by atoms with Gasteiger partial charge in [0.2, 0.25) is 0 Å². The minimum atomic E-state index is -0.501. The zero-order valence-electron chi connectivity index (χ0n) is 16.8. The number of aliphatic hydroxyl groups is 6. The predicted molar refractivity (Wildman–Crippen MR) is 102 cm³/mol. The average molecular weight is 369 g/mol. The summed E-state index contributed by atoms with van der Waals surface area (Å²) >= 11 is 0. The van der Waals surface area contributed by atoms with E-state index >= 15 is 0 Å². The molecule has 0 aromatic rings. The van der Waals surface area contributed by atoms with Gasteiger partial charge in [0.05, 0.1) is 11.7 Å². The molecule has 0 atom stereocenters. The summed E-state index contributed by atoms with van der Waals surface area (Å²) < 4.78 is 0. The van der Waals surface area contributed by atoms with Crippen LogP contribution in [0.5, 0.6) is 0 Å². The normalized spacial score (nSPS) is 24.8. The van der Waals surface area contributed by atoms with E-state index in [4.69, 9.17) is 25.5 Å². The number of rotatable bonds is 2. The summed E-state index contributed by atoms with van der Waals surface area (Å²) in [6.07, 6.45) is 11.8. The third kappa shape index (κ3) is 23.8. The van der Waals surface area contributed by atoms with Gasteiger partial charge in [-0.15, -0.1) is 0 Å². The summed E-state index contributed by atoms with van der Waals surface area (Å²) in [5.41, 5.74) is -0.501. The molecule has 2 saturated carbocycles. The summed E-state index contributed by atoms with van der Waals surface area (Å²) in [5.74, 6) is 0.0463.